The van der Waals surface area contributed by atoms with Crippen LogP contribution in [0.1, 0.15) is 52.2 Å². The van der Waals surface area contributed by atoms with Gasteiger partial charge in [0.1, 0.15) is 16.9 Å². The van der Waals surface area contributed by atoms with Crippen LogP contribution in [0.15, 0.2) is 10.5 Å². The molecule has 1 N–H and O–H groups in total. The highest BCUT2D eigenvalue weighted by molar-refractivity contribution is 7.09. The predicted octanol–water partition coefficient (Wildman–Crippen LogP) is 2.59. The molecule has 1 fully saturated rings. The highest BCUT2D eigenvalue weighted by Crippen LogP contribution is 2.31. The highest BCUT2D eigenvalue weighted by Gasteiger charge is 2.57. The van der Waals surface area contributed by atoms with Crippen LogP contribution in [0.2, 0.25) is 0 Å². The first-order valence-corrected chi connectivity index (χ1v) is 10.1. The number of oxime groups is 1. The van der Waals surface area contributed by atoms with Crippen LogP contribution in [-0.4, -0.2) is 68.6 Å². The molecule has 1 aromatic heterocycles. The molecule has 0 aromatic carbocycles. The van der Waals surface area contributed by atoms with Crippen molar-refractivity contribution in [1.82, 2.24) is 9.88 Å². The normalized spacial score (nSPS) is 16.5. The molecule has 0 spiro atoms. The van der Waals surface area contributed by atoms with E-state index in [1.807, 2.05) is 0 Å². The summed E-state index contributed by atoms with van der Waals surface area (Å²) in [5.41, 5.74) is -3.49. The molecular formula is C19H27N3O7S. The fourth-order valence-electron chi connectivity index (χ4n) is 2.42. The Balaban J connectivity index is 2.26. The summed E-state index contributed by atoms with van der Waals surface area (Å²) in [4.78, 5) is 47.4. The first-order chi connectivity index (χ1) is 13.6. The molecule has 1 aliphatic rings. The molecule has 0 radical (unpaired) electrons. The number of esters is 1. The predicted molar refractivity (Wildman–Crippen MR) is 108 cm³/mol. The van der Waals surface area contributed by atoms with Crippen molar-refractivity contribution >= 4 is 35.1 Å². The Morgan fingerprint density at radius 1 is 1.13 bits per heavy atom. The summed E-state index contributed by atoms with van der Waals surface area (Å²) in [6, 6.07) is 0. The molecule has 0 unspecified atom stereocenters. The number of aliphatic carboxylic acids is 1. The van der Waals surface area contributed by atoms with Gasteiger partial charge < -0.3 is 19.4 Å². The topological polar surface area (TPSA) is 128 Å². The van der Waals surface area contributed by atoms with Gasteiger partial charge in [0.15, 0.2) is 0 Å². The van der Waals surface area contributed by atoms with Gasteiger partial charge in [0, 0.05) is 5.38 Å². The number of hydrogen-bond acceptors (Lipinski definition) is 9. The van der Waals surface area contributed by atoms with Gasteiger partial charge in [-0.3, -0.25) is 4.90 Å². The van der Waals surface area contributed by atoms with Gasteiger partial charge in [0.2, 0.25) is 5.71 Å². The summed E-state index contributed by atoms with van der Waals surface area (Å²) in [6.45, 7) is 11.6. The molecular weight excluding hydrogens is 414 g/mol. The van der Waals surface area contributed by atoms with Crippen molar-refractivity contribution in [3.63, 3.8) is 0 Å². The van der Waals surface area contributed by atoms with Gasteiger partial charge in [0.05, 0.1) is 18.1 Å². The standard InChI is InChI=1S/C19H27N3O7S/c1-11-20-12(8-30-11)13(14(23)24)21-29-19(15(25)27-17(2,3)4)9-22(10-19)16(26)28-18(5,6)7/h8H,9-10H2,1-7H3,(H,23,24)/b21-13-. The average Bonchev–Trinajstić information content (AvgIpc) is 2.91. The monoisotopic (exact) mass is 441 g/mol. The molecule has 1 aliphatic heterocycles. The lowest BCUT2D eigenvalue weighted by molar-refractivity contribution is -0.204. The molecule has 2 heterocycles. The fraction of sp³-hybridized carbons (Fsp3) is 0.632. The number of nitrogens with zero attached hydrogens (tertiary/aromatic N) is 3. The number of hydrogen-bond donors (Lipinski definition) is 1. The molecule has 166 valence electrons. The fourth-order valence-corrected chi connectivity index (χ4v) is 3.02. The van der Waals surface area contributed by atoms with Crippen molar-refractivity contribution in [2.45, 2.75) is 65.3 Å². The number of amides is 1. The van der Waals surface area contributed by atoms with E-state index in [1.165, 1.54) is 21.6 Å². The van der Waals surface area contributed by atoms with Crippen molar-refractivity contribution < 1.29 is 33.8 Å². The van der Waals surface area contributed by atoms with Crippen molar-refractivity contribution in [1.29, 1.82) is 0 Å². The van der Waals surface area contributed by atoms with Crippen molar-refractivity contribution in [3.8, 4) is 0 Å². The van der Waals surface area contributed by atoms with E-state index in [0.717, 1.165) is 0 Å². The third-order valence-electron chi connectivity index (χ3n) is 3.69. The molecule has 10 nitrogen and oxygen atoms in total. The SMILES string of the molecule is Cc1nc(/C(=N/OC2(C(=O)OC(C)(C)C)CN(C(=O)OC(C)(C)C)C2)C(=O)O)cs1. The average molecular weight is 442 g/mol. The summed E-state index contributed by atoms with van der Waals surface area (Å²) in [7, 11) is 0. The van der Waals surface area contributed by atoms with Crippen LogP contribution in [0.3, 0.4) is 0 Å². The van der Waals surface area contributed by atoms with Gasteiger partial charge in [0.25, 0.3) is 5.60 Å². The number of carbonyl (C=O) groups excluding carboxylic acids is 2. The third kappa shape index (κ3) is 5.91. The van der Waals surface area contributed by atoms with Crippen LogP contribution in [0.5, 0.6) is 0 Å². The Labute approximate surface area is 178 Å². The zero-order valence-corrected chi connectivity index (χ0v) is 19.0. The molecule has 0 bridgehead atoms. The molecule has 0 saturated carbocycles. The number of carboxylic acids is 1. The zero-order chi connectivity index (χ0) is 22.9. The third-order valence-corrected chi connectivity index (χ3v) is 4.46. The largest absolute Gasteiger partial charge is 0.476 e. The highest BCUT2D eigenvalue weighted by atomic mass is 32.1. The number of thiazole rings is 1. The van der Waals surface area contributed by atoms with Gasteiger partial charge >= 0.3 is 18.0 Å². The van der Waals surface area contributed by atoms with E-state index in [4.69, 9.17) is 14.3 Å². The minimum atomic E-state index is -1.64. The second kappa shape index (κ2) is 8.21. The van der Waals surface area contributed by atoms with Crippen molar-refractivity contribution in [2.75, 3.05) is 13.1 Å². The number of aryl methyl sites for hydroxylation is 1. The summed E-state index contributed by atoms with van der Waals surface area (Å²) < 4.78 is 10.7. The van der Waals surface area contributed by atoms with E-state index in [2.05, 4.69) is 10.1 Å². The van der Waals surface area contributed by atoms with Crippen molar-refractivity contribution in [2.24, 2.45) is 5.16 Å². The lowest BCUT2D eigenvalue weighted by Gasteiger charge is -2.45. The minimum Gasteiger partial charge on any atom is -0.476 e. The summed E-state index contributed by atoms with van der Waals surface area (Å²) in [5.74, 6) is -2.11. The lowest BCUT2D eigenvalue weighted by Crippen LogP contribution is -2.69. The van der Waals surface area contributed by atoms with Gasteiger partial charge in [-0.15, -0.1) is 11.3 Å². The number of aromatic nitrogens is 1. The van der Waals surface area contributed by atoms with Gasteiger partial charge in [-0.2, -0.15) is 0 Å². The van der Waals surface area contributed by atoms with Crippen LogP contribution in [0, 0.1) is 6.92 Å². The smallest absolute Gasteiger partial charge is 0.410 e. The molecule has 2 rings (SSSR count). The molecule has 1 saturated heterocycles. The second-order valence-corrected chi connectivity index (χ2v) is 9.98. The Morgan fingerprint density at radius 3 is 2.13 bits per heavy atom. The first kappa shape index (κ1) is 23.6. The molecule has 30 heavy (non-hydrogen) atoms. The van der Waals surface area contributed by atoms with Crippen LogP contribution < -0.4 is 0 Å². The van der Waals surface area contributed by atoms with E-state index in [-0.39, 0.29) is 18.8 Å². The van der Waals surface area contributed by atoms with E-state index in [1.54, 1.807) is 48.5 Å². The summed E-state index contributed by atoms with van der Waals surface area (Å²) in [5, 5.41) is 15.4. The maximum atomic E-state index is 12.8. The Kier molecular flexibility index (Phi) is 6.45. The molecule has 1 amide bonds. The molecule has 0 atom stereocenters. The Bertz CT molecular complexity index is 858. The molecule has 0 aliphatic carbocycles. The van der Waals surface area contributed by atoms with E-state index >= 15 is 0 Å². The van der Waals surface area contributed by atoms with Crippen LogP contribution >= 0.6 is 11.3 Å². The second-order valence-electron chi connectivity index (χ2n) is 8.92. The van der Waals surface area contributed by atoms with E-state index in [0.29, 0.717) is 5.01 Å². The minimum absolute atomic E-state index is 0.118. The van der Waals surface area contributed by atoms with Crippen molar-refractivity contribution in [3.05, 3.63) is 16.1 Å². The number of rotatable bonds is 5. The summed E-state index contributed by atoms with van der Waals surface area (Å²) in [6.07, 6.45) is -0.622. The number of carboxylic acid groups (broad SMARTS) is 1. The quantitative estimate of drug-likeness (QED) is 0.419. The number of carbonyl (C=O) groups is 3. The molecule has 11 heteroatoms. The van der Waals surface area contributed by atoms with Gasteiger partial charge in [-0.05, 0) is 48.5 Å². The van der Waals surface area contributed by atoms with E-state index < -0.39 is 40.5 Å². The maximum Gasteiger partial charge on any atom is 0.410 e. The van der Waals surface area contributed by atoms with Crippen LogP contribution in [0.25, 0.3) is 0 Å². The van der Waals surface area contributed by atoms with Gasteiger partial charge in [-0.25, -0.2) is 19.4 Å². The molecule has 1 aromatic rings. The lowest BCUT2D eigenvalue weighted by atomic mass is 9.94. The zero-order valence-electron chi connectivity index (χ0n) is 18.1. The van der Waals surface area contributed by atoms with Crippen LogP contribution in [0.4, 0.5) is 4.79 Å². The number of likely N-dealkylation sites (tertiary alicyclic amines) is 1. The van der Waals surface area contributed by atoms with Gasteiger partial charge in [-0.1, -0.05) is 5.16 Å². The first-order valence-electron chi connectivity index (χ1n) is 9.25. The van der Waals surface area contributed by atoms with Crippen LogP contribution in [-0.2, 0) is 23.9 Å². The van der Waals surface area contributed by atoms with E-state index in [9.17, 15) is 19.5 Å². The number of ether oxygens (including phenoxy) is 2. The Morgan fingerprint density at radius 2 is 1.70 bits per heavy atom. The summed E-state index contributed by atoms with van der Waals surface area (Å²) >= 11 is 1.26. The maximum absolute atomic E-state index is 12.8. The Hall–Kier alpha value is -2.69.